The molecule has 1 aromatic heterocycles. The van der Waals surface area contributed by atoms with E-state index in [0.717, 1.165) is 24.0 Å². The average molecular weight is 535 g/mol. The Morgan fingerprint density at radius 2 is 2.00 bits per heavy atom. The Bertz CT molecular complexity index is 1410. The summed E-state index contributed by atoms with van der Waals surface area (Å²) in [5, 5.41) is 7.93. The van der Waals surface area contributed by atoms with Crippen molar-refractivity contribution in [2.24, 2.45) is 10.6 Å². The molecule has 0 fully saturated rings. The van der Waals surface area contributed by atoms with Gasteiger partial charge in [0.15, 0.2) is 0 Å². The number of carbonyl (C=O) groups excluding carboxylic acids is 1. The number of hydrogen-bond acceptors (Lipinski definition) is 4. The fourth-order valence-electron chi connectivity index (χ4n) is 4.70. The van der Waals surface area contributed by atoms with Gasteiger partial charge in [-0.05, 0) is 73.4 Å². The first-order chi connectivity index (χ1) is 17.9. The molecule has 1 heterocycles. The van der Waals surface area contributed by atoms with Gasteiger partial charge in [0.25, 0.3) is 0 Å². The molecule has 0 bridgehead atoms. The third kappa shape index (κ3) is 8.00. The Hall–Kier alpha value is -3.49. The number of nitrogens with two attached hydrogens (primary N) is 1. The maximum absolute atomic E-state index is 12.3. The van der Waals surface area contributed by atoms with Gasteiger partial charge in [0.05, 0.1) is 17.3 Å². The van der Waals surface area contributed by atoms with E-state index in [9.17, 15) is 13.2 Å². The number of imidazole rings is 1. The first kappa shape index (κ1) is 29.1. The maximum Gasteiger partial charge on any atom is 0.244 e. The zero-order chi connectivity index (χ0) is 27.9. The van der Waals surface area contributed by atoms with Crippen LogP contribution in [0.4, 0.5) is 0 Å². The van der Waals surface area contributed by atoms with Crippen LogP contribution in [0.25, 0.3) is 0 Å². The highest BCUT2D eigenvalue weighted by Gasteiger charge is 2.32. The number of rotatable bonds is 9. The van der Waals surface area contributed by atoms with Gasteiger partial charge in [-0.1, -0.05) is 61.9 Å². The minimum absolute atomic E-state index is 0.0200. The number of nitrogens with one attached hydrogen (secondary N) is 1. The monoisotopic (exact) mass is 534 g/mol. The lowest BCUT2D eigenvalue weighted by molar-refractivity contribution is -0.116. The van der Waals surface area contributed by atoms with Crippen molar-refractivity contribution in [2.75, 3.05) is 0 Å². The molecular formula is C30H38N4O3S. The van der Waals surface area contributed by atoms with Crippen molar-refractivity contribution in [2.45, 2.75) is 64.9 Å². The van der Waals surface area contributed by atoms with Crippen LogP contribution in [0.1, 0.15) is 59.1 Å². The van der Waals surface area contributed by atoms with Crippen molar-refractivity contribution in [1.82, 2.24) is 14.9 Å². The second-order valence-corrected chi connectivity index (χ2v) is 12.0. The molecule has 0 saturated carbocycles. The molecule has 0 radical (unpaired) electrons. The van der Waals surface area contributed by atoms with E-state index >= 15 is 0 Å². The van der Waals surface area contributed by atoms with E-state index in [4.69, 9.17) is 5.14 Å². The molecule has 8 heteroatoms. The van der Waals surface area contributed by atoms with E-state index in [1.54, 1.807) is 12.1 Å². The van der Waals surface area contributed by atoms with Crippen LogP contribution < -0.4 is 10.5 Å². The van der Waals surface area contributed by atoms with Gasteiger partial charge < -0.3 is 9.88 Å². The van der Waals surface area contributed by atoms with Crippen LogP contribution in [0, 0.1) is 5.41 Å². The highest BCUT2D eigenvalue weighted by Crippen LogP contribution is 2.45. The van der Waals surface area contributed by atoms with Gasteiger partial charge in [-0.15, -0.1) is 0 Å². The SMILES string of the molecule is CC1=C(/C=C/C(C)=C/C=C/C(C)=C\C(=O)NCc2cccc(S(N)(=O)=O)c2)C(C)(C)CCC1n1ccnc1. The van der Waals surface area contributed by atoms with Gasteiger partial charge in [0.2, 0.25) is 15.9 Å². The van der Waals surface area contributed by atoms with Gasteiger partial charge in [-0.25, -0.2) is 18.5 Å². The highest BCUT2D eigenvalue weighted by atomic mass is 32.2. The molecule has 0 saturated heterocycles. The number of benzene rings is 1. The third-order valence-corrected chi connectivity index (χ3v) is 7.78. The summed E-state index contributed by atoms with van der Waals surface area (Å²) in [6.45, 7) is 10.9. The van der Waals surface area contributed by atoms with Crippen molar-refractivity contribution in [3.8, 4) is 0 Å². The summed E-state index contributed by atoms with van der Waals surface area (Å²) >= 11 is 0. The molecule has 0 aliphatic heterocycles. The molecule has 1 unspecified atom stereocenters. The second kappa shape index (κ2) is 12.4. The minimum Gasteiger partial charge on any atom is -0.348 e. The predicted molar refractivity (Wildman–Crippen MR) is 152 cm³/mol. The Morgan fingerprint density at radius 3 is 2.68 bits per heavy atom. The third-order valence-electron chi connectivity index (χ3n) is 6.86. The lowest BCUT2D eigenvalue weighted by atomic mass is 9.71. The first-order valence-electron chi connectivity index (χ1n) is 12.7. The van der Waals surface area contributed by atoms with Gasteiger partial charge in [0, 0.05) is 25.0 Å². The van der Waals surface area contributed by atoms with Crippen LogP contribution >= 0.6 is 0 Å². The van der Waals surface area contributed by atoms with Crippen LogP contribution in [0.3, 0.4) is 0 Å². The summed E-state index contributed by atoms with van der Waals surface area (Å²) < 4.78 is 25.2. The van der Waals surface area contributed by atoms with Crippen LogP contribution in [0.15, 0.2) is 107 Å². The number of amides is 1. The second-order valence-electron chi connectivity index (χ2n) is 10.4. The van der Waals surface area contributed by atoms with E-state index in [2.05, 4.69) is 54.7 Å². The number of allylic oxidation sites excluding steroid dienone is 9. The van der Waals surface area contributed by atoms with E-state index in [-0.39, 0.29) is 22.8 Å². The Labute approximate surface area is 226 Å². The predicted octanol–water partition coefficient (Wildman–Crippen LogP) is 5.53. The Morgan fingerprint density at radius 1 is 1.24 bits per heavy atom. The molecule has 1 atom stereocenters. The average Bonchev–Trinajstić information content (AvgIpc) is 3.36. The van der Waals surface area contributed by atoms with Crippen LogP contribution in [0.5, 0.6) is 0 Å². The summed E-state index contributed by atoms with van der Waals surface area (Å²) in [6, 6.07) is 6.55. The van der Waals surface area contributed by atoms with E-state index < -0.39 is 10.0 Å². The number of aromatic nitrogens is 2. The van der Waals surface area contributed by atoms with Crippen molar-refractivity contribution in [1.29, 1.82) is 0 Å². The zero-order valence-corrected chi connectivity index (χ0v) is 23.6. The molecule has 3 rings (SSSR count). The smallest absolute Gasteiger partial charge is 0.244 e. The lowest BCUT2D eigenvalue weighted by Crippen LogP contribution is -2.25. The topological polar surface area (TPSA) is 107 Å². The molecule has 0 spiro atoms. The quantitative estimate of drug-likeness (QED) is 0.326. The van der Waals surface area contributed by atoms with Gasteiger partial charge in [-0.2, -0.15) is 0 Å². The van der Waals surface area contributed by atoms with Crippen LogP contribution in [-0.2, 0) is 21.4 Å². The van der Waals surface area contributed by atoms with Crippen molar-refractivity contribution < 1.29 is 13.2 Å². The first-order valence-corrected chi connectivity index (χ1v) is 14.2. The highest BCUT2D eigenvalue weighted by molar-refractivity contribution is 7.89. The van der Waals surface area contributed by atoms with Crippen molar-refractivity contribution in [3.63, 3.8) is 0 Å². The summed E-state index contributed by atoms with van der Waals surface area (Å²) in [7, 11) is -3.78. The molecule has 7 nitrogen and oxygen atoms in total. The molecule has 1 aromatic carbocycles. The molecule has 3 N–H and O–H groups in total. The lowest BCUT2D eigenvalue weighted by Gasteiger charge is -2.37. The number of carbonyl (C=O) groups is 1. The van der Waals surface area contributed by atoms with Crippen LogP contribution in [-0.4, -0.2) is 23.9 Å². The minimum atomic E-state index is -3.78. The molecule has 1 aliphatic carbocycles. The standard InChI is InChI=1S/C30H38N4O3S/c1-22(12-13-27-24(3)28(14-15-30(27,4)5)34-17-16-32-21-34)8-6-9-23(2)18-29(35)33-20-25-10-7-11-26(19-25)38(31,36)37/h6-13,16-19,21,28H,14-15,20H2,1-5H3,(H,33,35)(H2,31,36,37)/b9-6+,13-12+,22-8+,23-18-. The maximum atomic E-state index is 12.3. The van der Waals surface area contributed by atoms with Crippen LogP contribution in [0.2, 0.25) is 0 Å². The largest absolute Gasteiger partial charge is 0.348 e. The van der Waals surface area contributed by atoms with Crippen molar-refractivity contribution >= 4 is 15.9 Å². The molecule has 1 aliphatic rings. The molecule has 2 aromatic rings. The summed E-state index contributed by atoms with van der Waals surface area (Å²) in [6.07, 6.45) is 19.7. The van der Waals surface area contributed by atoms with Gasteiger partial charge in [0.1, 0.15) is 0 Å². The summed E-state index contributed by atoms with van der Waals surface area (Å²) in [5.41, 5.74) is 5.40. The Kier molecular flexibility index (Phi) is 9.46. The summed E-state index contributed by atoms with van der Waals surface area (Å²) in [5.74, 6) is -0.261. The number of hydrogen-bond donors (Lipinski definition) is 2. The number of nitrogens with zero attached hydrogens (tertiary/aromatic N) is 2. The normalized spacial score (nSPS) is 18.9. The van der Waals surface area contributed by atoms with Gasteiger partial charge in [-0.3, -0.25) is 4.79 Å². The van der Waals surface area contributed by atoms with Gasteiger partial charge >= 0.3 is 0 Å². The molecule has 1 amide bonds. The van der Waals surface area contributed by atoms with E-state index in [1.165, 1.54) is 29.4 Å². The van der Waals surface area contributed by atoms with E-state index in [1.807, 2.05) is 43.9 Å². The van der Waals surface area contributed by atoms with E-state index in [0.29, 0.717) is 11.6 Å². The fraction of sp³-hybridized carbons (Fsp3) is 0.333. The molecule has 202 valence electrons. The molecular weight excluding hydrogens is 496 g/mol. The Balaban J connectivity index is 1.61. The summed E-state index contributed by atoms with van der Waals surface area (Å²) in [4.78, 5) is 16.5. The molecule has 38 heavy (non-hydrogen) atoms. The van der Waals surface area contributed by atoms with Crippen molar-refractivity contribution in [3.05, 3.63) is 107 Å². The number of primary sulfonamides is 1. The zero-order valence-electron chi connectivity index (χ0n) is 22.8. The fourth-order valence-corrected chi connectivity index (χ4v) is 5.28. The number of sulfonamides is 1.